The van der Waals surface area contributed by atoms with Crippen LogP contribution in [-0.4, -0.2) is 45.0 Å². The molecular weight excluding hydrogens is 346 g/mol. The second-order valence-corrected chi connectivity index (χ2v) is 5.63. The van der Waals surface area contributed by atoms with Gasteiger partial charge in [-0.05, 0) is 12.1 Å². The molecule has 1 saturated heterocycles. The molecule has 1 fully saturated rings. The van der Waals surface area contributed by atoms with E-state index in [2.05, 4.69) is 10.1 Å². The van der Waals surface area contributed by atoms with E-state index in [0.717, 1.165) is 6.20 Å². The maximum atomic E-state index is 12.0. The minimum Gasteiger partial charge on any atom is -0.493 e. The molecule has 1 aliphatic heterocycles. The van der Waals surface area contributed by atoms with Gasteiger partial charge in [0.25, 0.3) is 5.79 Å². The van der Waals surface area contributed by atoms with Gasteiger partial charge >= 0.3 is 17.9 Å². The molecule has 0 aromatic heterocycles. The Morgan fingerprint density at radius 3 is 2.19 bits per heavy atom. The first-order chi connectivity index (χ1) is 12.2. The number of methoxy groups -OCH3 is 3. The molecule has 0 amide bonds. The first-order valence-electron chi connectivity index (χ1n) is 7.50. The lowest BCUT2D eigenvalue weighted by Gasteiger charge is -2.29. The van der Waals surface area contributed by atoms with Crippen molar-refractivity contribution < 1.29 is 38.1 Å². The summed E-state index contributed by atoms with van der Waals surface area (Å²) in [7, 11) is 4.04. The van der Waals surface area contributed by atoms with E-state index in [1.807, 2.05) is 0 Å². The van der Waals surface area contributed by atoms with Gasteiger partial charge in [-0.3, -0.25) is 0 Å². The van der Waals surface area contributed by atoms with Gasteiger partial charge in [-0.2, -0.15) is 0 Å². The number of carbonyl (C=O) groups excluding carboxylic acids is 3. The molecule has 0 bridgehead atoms. The van der Waals surface area contributed by atoms with Crippen molar-refractivity contribution in [3.05, 3.63) is 29.5 Å². The molecule has 0 aliphatic carbocycles. The Balaban J connectivity index is 2.40. The second-order valence-electron chi connectivity index (χ2n) is 5.63. The number of nitrogens with one attached hydrogen (secondary N) is 1. The molecule has 0 spiro atoms. The van der Waals surface area contributed by atoms with Gasteiger partial charge in [0.15, 0.2) is 17.1 Å². The fraction of sp³-hybridized carbons (Fsp3) is 0.353. The number of rotatable bonds is 5. The fourth-order valence-corrected chi connectivity index (χ4v) is 2.24. The molecule has 0 radical (unpaired) electrons. The molecule has 0 atom stereocenters. The Morgan fingerprint density at radius 1 is 1.08 bits per heavy atom. The average molecular weight is 365 g/mol. The van der Waals surface area contributed by atoms with E-state index in [9.17, 15) is 14.4 Å². The summed E-state index contributed by atoms with van der Waals surface area (Å²) in [5.41, 5.74) is 0.111. The predicted molar refractivity (Wildman–Crippen MR) is 88.9 cm³/mol. The quantitative estimate of drug-likeness (QED) is 0.473. The third-order valence-corrected chi connectivity index (χ3v) is 3.39. The number of cyclic esters (lactones) is 2. The maximum absolute atomic E-state index is 12.0. The summed E-state index contributed by atoms with van der Waals surface area (Å²) in [6.45, 7) is 2.89. The van der Waals surface area contributed by atoms with Crippen molar-refractivity contribution in [2.75, 3.05) is 26.6 Å². The SMILES string of the molecule is COC(=O)c1cc(NC=C2C(=O)OC(C)(C)OC2=O)c(OC)c(OC)c1. The van der Waals surface area contributed by atoms with Gasteiger partial charge in [-0.15, -0.1) is 0 Å². The van der Waals surface area contributed by atoms with Crippen molar-refractivity contribution in [3.8, 4) is 11.5 Å². The normalized spacial score (nSPS) is 15.5. The molecular formula is C17H19NO8. The van der Waals surface area contributed by atoms with Gasteiger partial charge < -0.3 is 29.0 Å². The van der Waals surface area contributed by atoms with Crippen LogP contribution in [-0.2, 0) is 23.8 Å². The monoisotopic (exact) mass is 365 g/mol. The molecule has 26 heavy (non-hydrogen) atoms. The van der Waals surface area contributed by atoms with Crippen molar-refractivity contribution in [3.63, 3.8) is 0 Å². The average Bonchev–Trinajstić information content (AvgIpc) is 2.58. The van der Waals surface area contributed by atoms with Gasteiger partial charge in [0, 0.05) is 20.0 Å². The van der Waals surface area contributed by atoms with Crippen LogP contribution in [0.25, 0.3) is 0 Å². The van der Waals surface area contributed by atoms with Crippen LogP contribution in [0.1, 0.15) is 24.2 Å². The Kier molecular flexibility index (Phi) is 5.39. The van der Waals surface area contributed by atoms with Gasteiger partial charge in [-0.1, -0.05) is 0 Å². The minimum absolute atomic E-state index is 0.181. The smallest absolute Gasteiger partial charge is 0.350 e. The summed E-state index contributed by atoms with van der Waals surface area (Å²) in [6, 6.07) is 2.86. The predicted octanol–water partition coefficient (Wildman–Crippen LogP) is 1.62. The van der Waals surface area contributed by atoms with Crippen molar-refractivity contribution >= 4 is 23.6 Å². The second kappa shape index (κ2) is 7.34. The van der Waals surface area contributed by atoms with Crippen LogP contribution in [0.15, 0.2) is 23.9 Å². The molecule has 1 aliphatic rings. The lowest BCUT2D eigenvalue weighted by Crippen LogP contribution is -2.42. The highest BCUT2D eigenvalue weighted by atomic mass is 16.7. The van der Waals surface area contributed by atoms with Crippen LogP contribution in [0.3, 0.4) is 0 Å². The van der Waals surface area contributed by atoms with Gasteiger partial charge in [0.1, 0.15) is 0 Å². The number of anilines is 1. The van der Waals surface area contributed by atoms with E-state index in [4.69, 9.17) is 18.9 Å². The number of ether oxygens (including phenoxy) is 5. The number of esters is 3. The Bertz CT molecular complexity index is 759. The van der Waals surface area contributed by atoms with E-state index in [-0.39, 0.29) is 28.3 Å². The molecule has 140 valence electrons. The Labute approximate surface area is 149 Å². The molecule has 1 aromatic carbocycles. The molecule has 9 nitrogen and oxygen atoms in total. The summed E-state index contributed by atoms with van der Waals surface area (Å²) in [5.74, 6) is -3.10. The molecule has 1 N–H and O–H groups in total. The highest BCUT2D eigenvalue weighted by molar-refractivity contribution is 6.15. The third kappa shape index (κ3) is 3.88. The molecule has 1 heterocycles. The zero-order valence-corrected chi connectivity index (χ0v) is 15.0. The highest BCUT2D eigenvalue weighted by Gasteiger charge is 2.39. The Hall–Kier alpha value is -3.23. The van der Waals surface area contributed by atoms with Crippen LogP contribution >= 0.6 is 0 Å². The van der Waals surface area contributed by atoms with Crippen LogP contribution < -0.4 is 14.8 Å². The molecule has 9 heteroatoms. The molecule has 2 rings (SSSR count). The summed E-state index contributed by atoms with van der Waals surface area (Å²) < 4.78 is 25.2. The molecule has 1 aromatic rings. The summed E-state index contributed by atoms with van der Waals surface area (Å²) in [6.07, 6.45) is 1.11. The largest absolute Gasteiger partial charge is 0.493 e. The van der Waals surface area contributed by atoms with Gasteiger partial charge in [0.05, 0.1) is 32.6 Å². The fourth-order valence-electron chi connectivity index (χ4n) is 2.24. The summed E-state index contributed by atoms with van der Waals surface area (Å²) in [5, 5.41) is 2.74. The third-order valence-electron chi connectivity index (χ3n) is 3.39. The first-order valence-corrected chi connectivity index (χ1v) is 7.50. The summed E-state index contributed by atoms with van der Waals surface area (Å²) in [4.78, 5) is 35.8. The highest BCUT2D eigenvalue weighted by Crippen LogP contribution is 2.37. The lowest BCUT2D eigenvalue weighted by molar-refractivity contribution is -0.222. The van der Waals surface area contributed by atoms with E-state index in [1.165, 1.54) is 47.3 Å². The van der Waals surface area contributed by atoms with E-state index in [1.54, 1.807) is 0 Å². The summed E-state index contributed by atoms with van der Waals surface area (Å²) >= 11 is 0. The van der Waals surface area contributed by atoms with Crippen LogP contribution in [0.5, 0.6) is 11.5 Å². The zero-order chi connectivity index (χ0) is 19.5. The molecule has 0 unspecified atom stereocenters. The van der Waals surface area contributed by atoms with E-state index >= 15 is 0 Å². The first kappa shape index (κ1) is 19.1. The van der Waals surface area contributed by atoms with Crippen LogP contribution in [0, 0.1) is 0 Å². The standard InChI is InChI=1S/C17H19NO8/c1-17(2)25-15(20)10(16(21)26-17)8-18-11-6-9(14(19)24-5)7-12(22-3)13(11)23-4/h6-8,18H,1-5H3. The van der Waals surface area contributed by atoms with E-state index in [0.29, 0.717) is 0 Å². The molecule has 0 saturated carbocycles. The maximum Gasteiger partial charge on any atom is 0.350 e. The van der Waals surface area contributed by atoms with Crippen molar-refractivity contribution in [1.29, 1.82) is 0 Å². The van der Waals surface area contributed by atoms with E-state index < -0.39 is 23.7 Å². The van der Waals surface area contributed by atoms with Crippen molar-refractivity contribution in [1.82, 2.24) is 0 Å². The minimum atomic E-state index is -1.34. The van der Waals surface area contributed by atoms with Crippen LogP contribution in [0.4, 0.5) is 5.69 Å². The Morgan fingerprint density at radius 2 is 1.69 bits per heavy atom. The zero-order valence-electron chi connectivity index (χ0n) is 15.0. The van der Waals surface area contributed by atoms with Crippen molar-refractivity contribution in [2.24, 2.45) is 0 Å². The van der Waals surface area contributed by atoms with Gasteiger partial charge in [0.2, 0.25) is 0 Å². The number of hydrogen-bond acceptors (Lipinski definition) is 9. The van der Waals surface area contributed by atoms with Crippen LogP contribution in [0.2, 0.25) is 0 Å². The number of benzene rings is 1. The van der Waals surface area contributed by atoms with Gasteiger partial charge in [-0.25, -0.2) is 14.4 Å². The topological polar surface area (TPSA) is 109 Å². The van der Waals surface area contributed by atoms with Crippen molar-refractivity contribution in [2.45, 2.75) is 19.6 Å². The lowest BCUT2D eigenvalue weighted by atomic mass is 10.1. The number of hydrogen-bond donors (Lipinski definition) is 1. The number of carbonyl (C=O) groups is 3.